The molecule has 0 aliphatic carbocycles. The van der Waals surface area contributed by atoms with Gasteiger partial charge in [0.15, 0.2) is 0 Å². The molecule has 2 N–H and O–H groups in total. The zero-order valence-electron chi connectivity index (χ0n) is 15.0. The van der Waals surface area contributed by atoms with Gasteiger partial charge in [-0.3, -0.25) is 4.79 Å². The number of nitrogens with one attached hydrogen (secondary N) is 2. The van der Waals surface area contributed by atoms with Crippen LogP contribution >= 0.6 is 0 Å². The number of sulfonamides is 1. The van der Waals surface area contributed by atoms with E-state index >= 15 is 0 Å². The van der Waals surface area contributed by atoms with Crippen molar-refractivity contribution in [3.8, 4) is 0 Å². The van der Waals surface area contributed by atoms with Gasteiger partial charge in [0, 0.05) is 0 Å². The summed E-state index contributed by atoms with van der Waals surface area (Å²) < 4.78 is 27.5. The van der Waals surface area contributed by atoms with E-state index in [0.717, 1.165) is 11.1 Å². The van der Waals surface area contributed by atoms with E-state index in [1.807, 2.05) is 56.3 Å². The quantitative estimate of drug-likeness (QED) is 0.832. The van der Waals surface area contributed by atoms with Crippen LogP contribution in [0.25, 0.3) is 0 Å². The summed E-state index contributed by atoms with van der Waals surface area (Å²) in [7, 11) is -3.74. The number of benzene rings is 2. The van der Waals surface area contributed by atoms with Gasteiger partial charge in [0.25, 0.3) is 0 Å². The highest BCUT2D eigenvalue weighted by molar-refractivity contribution is 7.89. The van der Waals surface area contributed by atoms with Gasteiger partial charge in [-0.05, 0) is 44.4 Å². The molecule has 0 saturated carbocycles. The first kappa shape index (κ1) is 19.1. The summed E-state index contributed by atoms with van der Waals surface area (Å²) in [5, 5.41) is 2.79. The molecule has 0 spiro atoms. The Balaban J connectivity index is 2.04. The molecule has 0 unspecified atom stereocenters. The standard InChI is InChI=1S/C19H24N2O3S/c1-13-10-14(2)19(15(3)11-13)25(23,24)20-12-18(22)21-16(4)17-8-6-5-7-9-17/h5-11,16,20H,12H2,1-4H3,(H,21,22)/t16-/m1/s1. The molecule has 0 bridgehead atoms. The summed E-state index contributed by atoms with van der Waals surface area (Å²) in [5.74, 6) is -0.373. The van der Waals surface area contributed by atoms with E-state index in [9.17, 15) is 13.2 Å². The van der Waals surface area contributed by atoms with E-state index in [2.05, 4.69) is 10.0 Å². The molecule has 0 aliphatic heterocycles. The number of hydrogen-bond donors (Lipinski definition) is 2. The number of carbonyl (C=O) groups is 1. The average molecular weight is 360 g/mol. The Hall–Kier alpha value is -2.18. The first-order chi connectivity index (χ1) is 11.7. The molecule has 2 aromatic rings. The Morgan fingerprint density at radius 2 is 1.60 bits per heavy atom. The molecule has 0 aromatic heterocycles. The summed E-state index contributed by atoms with van der Waals surface area (Å²) in [4.78, 5) is 12.3. The molecule has 134 valence electrons. The molecule has 1 atom stereocenters. The average Bonchev–Trinajstić information content (AvgIpc) is 2.52. The smallest absolute Gasteiger partial charge is 0.241 e. The van der Waals surface area contributed by atoms with Gasteiger partial charge in [0.2, 0.25) is 15.9 Å². The fraction of sp³-hybridized carbons (Fsp3) is 0.316. The normalized spacial score (nSPS) is 12.6. The van der Waals surface area contributed by atoms with Crippen molar-refractivity contribution in [3.63, 3.8) is 0 Å². The summed E-state index contributed by atoms with van der Waals surface area (Å²) in [6.07, 6.45) is 0. The van der Waals surface area contributed by atoms with Crippen LogP contribution in [-0.2, 0) is 14.8 Å². The maximum atomic E-state index is 12.6. The van der Waals surface area contributed by atoms with E-state index < -0.39 is 10.0 Å². The highest BCUT2D eigenvalue weighted by Crippen LogP contribution is 2.21. The molecule has 2 aromatic carbocycles. The van der Waals surface area contributed by atoms with E-state index in [4.69, 9.17) is 0 Å². The minimum absolute atomic E-state index is 0.193. The van der Waals surface area contributed by atoms with Gasteiger partial charge in [-0.25, -0.2) is 13.1 Å². The molecule has 25 heavy (non-hydrogen) atoms. The monoisotopic (exact) mass is 360 g/mol. The molecule has 6 heteroatoms. The van der Waals surface area contributed by atoms with Gasteiger partial charge in [-0.2, -0.15) is 0 Å². The maximum Gasteiger partial charge on any atom is 0.241 e. The van der Waals surface area contributed by atoms with Crippen LogP contribution in [0.15, 0.2) is 47.4 Å². The van der Waals surface area contributed by atoms with Crippen LogP contribution in [0.5, 0.6) is 0 Å². The maximum absolute atomic E-state index is 12.6. The second kappa shape index (κ2) is 7.80. The van der Waals surface area contributed by atoms with Gasteiger partial charge < -0.3 is 5.32 Å². The number of carbonyl (C=O) groups excluding carboxylic acids is 1. The van der Waals surface area contributed by atoms with Crippen molar-refractivity contribution >= 4 is 15.9 Å². The largest absolute Gasteiger partial charge is 0.348 e. The Labute approximate surface area is 149 Å². The molecular weight excluding hydrogens is 336 g/mol. The van der Waals surface area contributed by atoms with E-state index in [1.165, 1.54) is 0 Å². The fourth-order valence-electron chi connectivity index (χ4n) is 2.94. The lowest BCUT2D eigenvalue weighted by molar-refractivity contribution is -0.120. The Morgan fingerprint density at radius 3 is 2.16 bits per heavy atom. The third-order valence-corrected chi connectivity index (χ3v) is 5.68. The van der Waals surface area contributed by atoms with Crippen molar-refractivity contribution in [2.24, 2.45) is 0 Å². The van der Waals surface area contributed by atoms with Crippen LogP contribution in [0, 0.1) is 20.8 Å². The second-order valence-electron chi connectivity index (χ2n) is 6.25. The Kier molecular flexibility index (Phi) is 5.98. The summed E-state index contributed by atoms with van der Waals surface area (Å²) in [6, 6.07) is 13.0. The summed E-state index contributed by atoms with van der Waals surface area (Å²) >= 11 is 0. The molecule has 0 heterocycles. The zero-order chi connectivity index (χ0) is 18.6. The van der Waals surface area contributed by atoms with Gasteiger partial charge in [0.05, 0.1) is 17.5 Å². The predicted octanol–water partition coefficient (Wildman–Crippen LogP) is 2.77. The molecule has 5 nitrogen and oxygen atoms in total. The molecule has 2 rings (SSSR count). The van der Waals surface area contributed by atoms with Crippen LogP contribution in [0.3, 0.4) is 0 Å². The lowest BCUT2D eigenvalue weighted by Gasteiger charge is -2.16. The lowest BCUT2D eigenvalue weighted by atomic mass is 10.1. The predicted molar refractivity (Wildman–Crippen MR) is 98.8 cm³/mol. The fourth-order valence-corrected chi connectivity index (χ4v) is 4.37. The topological polar surface area (TPSA) is 75.3 Å². The molecule has 0 radical (unpaired) electrons. The molecule has 0 aliphatic rings. The summed E-state index contributed by atoms with van der Waals surface area (Å²) in [6.45, 7) is 6.99. The Morgan fingerprint density at radius 1 is 1.04 bits per heavy atom. The third kappa shape index (κ3) is 4.90. The molecular formula is C19H24N2O3S. The van der Waals surface area contributed by atoms with E-state index in [1.54, 1.807) is 13.8 Å². The third-order valence-electron chi connectivity index (χ3n) is 3.97. The second-order valence-corrected chi connectivity index (χ2v) is 7.96. The lowest BCUT2D eigenvalue weighted by Crippen LogP contribution is -2.38. The Bertz CT molecular complexity index is 838. The van der Waals surface area contributed by atoms with E-state index in [0.29, 0.717) is 11.1 Å². The molecule has 0 saturated heterocycles. The first-order valence-corrected chi connectivity index (χ1v) is 9.61. The number of hydrogen-bond acceptors (Lipinski definition) is 3. The van der Waals surface area contributed by atoms with Crippen LogP contribution in [-0.4, -0.2) is 20.9 Å². The number of rotatable bonds is 6. The minimum atomic E-state index is -3.74. The van der Waals surface area contributed by atoms with Gasteiger partial charge in [-0.1, -0.05) is 48.0 Å². The molecule has 0 fully saturated rings. The minimum Gasteiger partial charge on any atom is -0.348 e. The van der Waals surface area contributed by atoms with Crippen LogP contribution in [0.2, 0.25) is 0 Å². The highest BCUT2D eigenvalue weighted by Gasteiger charge is 2.21. The van der Waals surface area contributed by atoms with Crippen molar-refractivity contribution in [1.29, 1.82) is 0 Å². The van der Waals surface area contributed by atoms with Crippen molar-refractivity contribution in [2.75, 3.05) is 6.54 Å². The van der Waals surface area contributed by atoms with E-state index in [-0.39, 0.29) is 23.4 Å². The summed E-state index contributed by atoms with van der Waals surface area (Å²) in [5.41, 5.74) is 3.30. The number of amides is 1. The molecule has 1 amide bonds. The van der Waals surface area contributed by atoms with Gasteiger partial charge in [0.1, 0.15) is 0 Å². The van der Waals surface area contributed by atoms with Crippen molar-refractivity contribution < 1.29 is 13.2 Å². The van der Waals surface area contributed by atoms with Gasteiger partial charge in [-0.15, -0.1) is 0 Å². The van der Waals surface area contributed by atoms with Crippen LogP contribution in [0.1, 0.15) is 35.2 Å². The van der Waals surface area contributed by atoms with Crippen LogP contribution < -0.4 is 10.0 Å². The van der Waals surface area contributed by atoms with Crippen LogP contribution in [0.4, 0.5) is 0 Å². The highest BCUT2D eigenvalue weighted by atomic mass is 32.2. The number of aryl methyl sites for hydroxylation is 3. The van der Waals surface area contributed by atoms with Crippen molar-refractivity contribution in [1.82, 2.24) is 10.0 Å². The first-order valence-electron chi connectivity index (χ1n) is 8.12. The van der Waals surface area contributed by atoms with Crippen molar-refractivity contribution in [3.05, 3.63) is 64.7 Å². The van der Waals surface area contributed by atoms with Gasteiger partial charge >= 0.3 is 0 Å². The SMILES string of the molecule is Cc1cc(C)c(S(=O)(=O)NCC(=O)N[C@H](C)c2ccccc2)c(C)c1. The zero-order valence-corrected chi connectivity index (χ0v) is 15.8. The van der Waals surface area contributed by atoms with Crippen molar-refractivity contribution in [2.45, 2.75) is 38.6 Å².